The molecule has 128 valence electrons. The second-order valence-corrected chi connectivity index (χ2v) is 6.03. The van der Waals surface area contributed by atoms with Crippen LogP contribution < -0.4 is 0 Å². The van der Waals surface area contributed by atoms with Crippen LogP contribution in [0.1, 0.15) is 29.6 Å². The summed E-state index contributed by atoms with van der Waals surface area (Å²) in [4.78, 5) is 14.6. The third-order valence-electron chi connectivity index (χ3n) is 4.35. The Balaban J connectivity index is 1.59. The number of aliphatic hydroxyl groups is 1. The molecule has 5 heteroatoms. The van der Waals surface area contributed by atoms with Gasteiger partial charge in [-0.3, -0.25) is 4.79 Å². The summed E-state index contributed by atoms with van der Waals surface area (Å²) in [5.41, 5.74) is 2.66. The van der Waals surface area contributed by atoms with Crippen LogP contribution in [-0.2, 0) is 4.74 Å². The SMILES string of the molecule is O=C(c1cccc(-c2ccoc2)c1)N1CCC(OCCCO)CC1. The van der Waals surface area contributed by atoms with Crippen molar-refractivity contribution >= 4 is 5.91 Å². The molecule has 1 fully saturated rings. The van der Waals surface area contributed by atoms with Crippen LogP contribution in [0.15, 0.2) is 47.3 Å². The predicted molar refractivity (Wildman–Crippen MR) is 90.7 cm³/mol. The quantitative estimate of drug-likeness (QED) is 0.828. The van der Waals surface area contributed by atoms with Crippen molar-refractivity contribution in [2.45, 2.75) is 25.4 Å². The number of hydrogen-bond acceptors (Lipinski definition) is 4. The molecule has 0 aliphatic carbocycles. The van der Waals surface area contributed by atoms with Crippen LogP contribution in [-0.4, -0.2) is 48.3 Å². The topological polar surface area (TPSA) is 62.9 Å². The molecule has 1 aromatic heterocycles. The lowest BCUT2D eigenvalue weighted by Crippen LogP contribution is -2.41. The van der Waals surface area contributed by atoms with E-state index >= 15 is 0 Å². The van der Waals surface area contributed by atoms with E-state index in [-0.39, 0.29) is 18.6 Å². The molecule has 0 spiro atoms. The number of benzene rings is 1. The molecule has 1 saturated heterocycles. The number of rotatable bonds is 6. The van der Waals surface area contributed by atoms with Gasteiger partial charge in [0.05, 0.1) is 18.6 Å². The summed E-state index contributed by atoms with van der Waals surface area (Å²) in [6, 6.07) is 9.54. The first-order valence-corrected chi connectivity index (χ1v) is 8.42. The maximum atomic E-state index is 12.7. The largest absolute Gasteiger partial charge is 0.472 e. The van der Waals surface area contributed by atoms with Crippen molar-refractivity contribution in [2.24, 2.45) is 0 Å². The summed E-state index contributed by atoms with van der Waals surface area (Å²) in [7, 11) is 0. The van der Waals surface area contributed by atoms with Crippen LogP contribution in [0.25, 0.3) is 11.1 Å². The van der Waals surface area contributed by atoms with Gasteiger partial charge in [-0.1, -0.05) is 12.1 Å². The van der Waals surface area contributed by atoms with Crippen LogP contribution in [0, 0.1) is 0 Å². The number of ether oxygens (including phenoxy) is 1. The summed E-state index contributed by atoms with van der Waals surface area (Å²) in [6.07, 6.45) is 5.86. The normalized spacial score (nSPS) is 15.6. The Labute approximate surface area is 141 Å². The Kier molecular flexibility index (Phi) is 5.67. The molecular formula is C19H23NO4. The molecule has 24 heavy (non-hydrogen) atoms. The average molecular weight is 329 g/mol. The van der Waals surface area contributed by atoms with E-state index in [1.165, 1.54) is 0 Å². The van der Waals surface area contributed by atoms with Gasteiger partial charge in [-0.2, -0.15) is 0 Å². The number of furan rings is 1. The van der Waals surface area contributed by atoms with Crippen molar-refractivity contribution in [3.05, 3.63) is 48.4 Å². The van der Waals surface area contributed by atoms with Crippen molar-refractivity contribution in [3.63, 3.8) is 0 Å². The van der Waals surface area contributed by atoms with Gasteiger partial charge in [0.25, 0.3) is 5.91 Å². The minimum Gasteiger partial charge on any atom is -0.472 e. The molecule has 5 nitrogen and oxygen atoms in total. The number of likely N-dealkylation sites (tertiary alicyclic amines) is 1. The number of amides is 1. The lowest BCUT2D eigenvalue weighted by atomic mass is 10.0. The van der Waals surface area contributed by atoms with Crippen molar-refractivity contribution in [1.29, 1.82) is 0 Å². The van der Waals surface area contributed by atoms with Gasteiger partial charge in [-0.25, -0.2) is 0 Å². The maximum absolute atomic E-state index is 12.7. The van der Waals surface area contributed by atoms with Gasteiger partial charge in [0.15, 0.2) is 0 Å². The summed E-state index contributed by atoms with van der Waals surface area (Å²) in [5, 5.41) is 8.79. The fraction of sp³-hybridized carbons (Fsp3) is 0.421. The number of carbonyl (C=O) groups excluding carboxylic acids is 1. The van der Waals surface area contributed by atoms with Crippen molar-refractivity contribution in [3.8, 4) is 11.1 Å². The Bertz CT molecular complexity index is 645. The molecule has 1 amide bonds. The zero-order valence-corrected chi connectivity index (χ0v) is 13.7. The smallest absolute Gasteiger partial charge is 0.253 e. The van der Waals surface area contributed by atoms with E-state index in [1.54, 1.807) is 12.5 Å². The highest BCUT2D eigenvalue weighted by Gasteiger charge is 2.24. The van der Waals surface area contributed by atoms with Gasteiger partial charge in [0.1, 0.15) is 0 Å². The summed E-state index contributed by atoms with van der Waals surface area (Å²) < 4.78 is 10.8. The van der Waals surface area contributed by atoms with E-state index in [2.05, 4.69) is 0 Å². The average Bonchev–Trinajstić information content (AvgIpc) is 3.17. The first-order chi connectivity index (χ1) is 11.8. The van der Waals surface area contributed by atoms with E-state index in [0.29, 0.717) is 31.7 Å². The maximum Gasteiger partial charge on any atom is 0.253 e. The van der Waals surface area contributed by atoms with Gasteiger partial charge in [-0.15, -0.1) is 0 Å². The molecule has 0 radical (unpaired) electrons. The highest BCUT2D eigenvalue weighted by atomic mass is 16.5. The molecule has 2 heterocycles. The molecule has 2 aromatic rings. The Morgan fingerprint density at radius 2 is 2.08 bits per heavy atom. The first kappa shape index (κ1) is 16.7. The Morgan fingerprint density at radius 3 is 2.79 bits per heavy atom. The number of piperidine rings is 1. The van der Waals surface area contributed by atoms with Gasteiger partial charge in [0.2, 0.25) is 0 Å². The third kappa shape index (κ3) is 4.04. The molecule has 1 aliphatic heterocycles. The van der Waals surface area contributed by atoms with E-state index in [4.69, 9.17) is 14.3 Å². The van der Waals surface area contributed by atoms with Gasteiger partial charge in [0, 0.05) is 37.4 Å². The Morgan fingerprint density at radius 1 is 1.25 bits per heavy atom. The molecule has 0 unspecified atom stereocenters. The van der Waals surface area contributed by atoms with Gasteiger partial charge in [-0.05, 0) is 43.0 Å². The molecule has 1 N–H and O–H groups in total. The summed E-state index contributed by atoms with van der Waals surface area (Å²) in [5.74, 6) is 0.0640. The minimum absolute atomic E-state index is 0.0640. The standard InChI is InChI=1S/C19H23NO4/c21-10-2-11-24-18-5-8-20(9-6-18)19(22)16-4-1-3-15(13-16)17-7-12-23-14-17/h1,3-4,7,12-14,18,21H,2,5-6,8-11H2. The molecule has 3 rings (SSSR count). The van der Waals surface area contributed by atoms with Crippen LogP contribution in [0.3, 0.4) is 0 Å². The monoisotopic (exact) mass is 329 g/mol. The molecule has 1 aromatic carbocycles. The summed E-state index contributed by atoms with van der Waals surface area (Å²) in [6.45, 7) is 2.16. The first-order valence-electron chi connectivity index (χ1n) is 8.42. The van der Waals surface area contributed by atoms with Crippen molar-refractivity contribution in [2.75, 3.05) is 26.3 Å². The van der Waals surface area contributed by atoms with Gasteiger partial charge < -0.3 is 19.2 Å². The molecule has 0 saturated carbocycles. The summed E-state index contributed by atoms with van der Waals surface area (Å²) >= 11 is 0. The zero-order chi connectivity index (χ0) is 16.8. The second kappa shape index (κ2) is 8.13. The highest BCUT2D eigenvalue weighted by Crippen LogP contribution is 2.22. The van der Waals surface area contributed by atoms with Crippen LogP contribution in [0.5, 0.6) is 0 Å². The fourth-order valence-electron chi connectivity index (χ4n) is 2.98. The molecular weight excluding hydrogens is 306 g/mol. The number of nitrogens with zero attached hydrogens (tertiary/aromatic N) is 1. The third-order valence-corrected chi connectivity index (χ3v) is 4.35. The number of aliphatic hydroxyl groups excluding tert-OH is 1. The van der Waals surface area contributed by atoms with Crippen LogP contribution in [0.2, 0.25) is 0 Å². The van der Waals surface area contributed by atoms with Crippen molar-refractivity contribution in [1.82, 2.24) is 4.90 Å². The molecule has 0 atom stereocenters. The Hall–Kier alpha value is -2.11. The molecule has 0 bridgehead atoms. The molecule has 1 aliphatic rings. The van der Waals surface area contributed by atoms with Crippen LogP contribution >= 0.6 is 0 Å². The lowest BCUT2D eigenvalue weighted by molar-refractivity contribution is 0.00397. The number of carbonyl (C=O) groups is 1. The highest BCUT2D eigenvalue weighted by molar-refractivity contribution is 5.95. The van der Waals surface area contributed by atoms with Crippen LogP contribution in [0.4, 0.5) is 0 Å². The zero-order valence-electron chi connectivity index (χ0n) is 13.7. The lowest BCUT2D eigenvalue weighted by Gasteiger charge is -2.32. The fourth-order valence-corrected chi connectivity index (χ4v) is 2.98. The number of hydrogen-bond donors (Lipinski definition) is 1. The second-order valence-electron chi connectivity index (χ2n) is 6.03. The van der Waals surface area contributed by atoms with Gasteiger partial charge >= 0.3 is 0 Å². The van der Waals surface area contributed by atoms with E-state index in [9.17, 15) is 4.79 Å². The minimum atomic E-state index is 0.0640. The van der Waals surface area contributed by atoms with Crippen molar-refractivity contribution < 1.29 is 19.1 Å². The predicted octanol–water partition coefficient (Wildman–Crippen LogP) is 2.95. The van der Waals surface area contributed by atoms with E-state index in [1.807, 2.05) is 35.2 Å². The van der Waals surface area contributed by atoms with E-state index < -0.39 is 0 Å². The van der Waals surface area contributed by atoms with E-state index in [0.717, 1.165) is 24.0 Å².